The second-order valence-electron chi connectivity index (χ2n) is 3.45. The fourth-order valence-electron chi connectivity index (χ4n) is 1.52. The molecule has 0 fully saturated rings. The summed E-state index contributed by atoms with van der Waals surface area (Å²) < 4.78 is 0. The minimum absolute atomic E-state index is 0.797. The third-order valence-electron chi connectivity index (χ3n) is 2.26. The average Bonchev–Trinajstić information content (AvgIpc) is 2.83. The molecule has 0 spiro atoms. The first-order valence-corrected chi connectivity index (χ1v) is 7.71. The summed E-state index contributed by atoms with van der Waals surface area (Å²) in [5.41, 5.74) is 0.948. The number of aryl methyl sites for hydroxylation is 1. The van der Waals surface area contributed by atoms with Crippen molar-refractivity contribution in [1.29, 1.82) is 0 Å². The van der Waals surface area contributed by atoms with Crippen molar-refractivity contribution in [1.82, 2.24) is 15.3 Å². The lowest BCUT2D eigenvalue weighted by Gasteiger charge is -2.13. The van der Waals surface area contributed by atoms with Gasteiger partial charge in [0.1, 0.15) is 21.6 Å². The highest BCUT2D eigenvalue weighted by atomic mass is 32.2. The Labute approximate surface area is 109 Å². The van der Waals surface area contributed by atoms with Crippen molar-refractivity contribution in [3.05, 3.63) is 5.82 Å². The molecule has 1 aliphatic rings. The van der Waals surface area contributed by atoms with E-state index in [1.807, 2.05) is 19.4 Å². The Morgan fingerprint density at radius 3 is 2.29 bits per heavy atom. The largest absolute Gasteiger partial charge is 0.354 e. The van der Waals surface area contributed by atoms with E-state index in [0.717, 1.165) is 40.6 Å². The molecule has 0 unspecified atom stereocenters. The molecule has 17 heavy (non-hydrogen) atoms. The van der Waals surface area contributed by atoms with Crippen LogP contribution in [0.4, 0.5) is 5.69 Å². The molecule has 1 aliphatic heterocycles. The summed E-state index contributed by atoms with van der Waals surface area (Å²) in [6.07, 6.45) is 4.03. The highest BCUT2D eigenvalue weighted by Gasteiger charge is 2.15. The first kappa shape index (κ1) is 12.5. The third-order valence-corrected chi connectivity index (χ3v) is 3.62. The van der Waals surface area contributed by atoms with E-state index in [4.69, 9.17) is 0 Å². The van der Waals surface area contributed by atoms with E-state index >= 15 is 0 Å². The summed E-state index contributed by atoms with van der Waals surface area (Å²) in [7, 11) is 0. The number of nitrogens with one attached hydrogen (secondary N) is 2. The molecule has 5 nitrogen and oxygen atoms in total. The zero-order valence-corrected chi connectivity index (χ0v) is 11.7. The standard InChI is InChI=1S/C10H15N5S2/c1-6-13-8(16-2)7(9(14-6)17-3)15-10-11-4-5-12-10/h4-5H2,1-3H3,(H2,11,12,15). The maximum absolute atomic E-state index is 4.44. The van der Waals surface area contributed by atoms with E-state index in [2.05, 4.69) is 25.6 Å². The van der Waals surface area contributed by atoms with Crippen LogP contribution in [-0.2, 0) is 0 Å². The van der Waals surface area contributed by atoms with Crippen molar-refractivity contribution >= 4 is 35.2 Å². The third kappa shape index (κ3) is 2.84. The highest BCUT2D eigenvalue weighted by Crippen LogP contribution is 2.31. The summed E-state index contributed by atoms with van der Waals surface area (Å²) in [6, 6.07) is 0. The minimum atomic E-state index is 0.797. The zero-order valence-electron chi connectivity index (χ0n) is 10.1. The number of anilines is 1. The number of hydrogen-bond acceptors (Lipinski definition) is 7. The Morgan fingerprint density at radius 1 is 1.18 bits per heavy atom. The van der Waals surface area contributed by atoms with Gasteiger partial charge in [-0.1, -0.05) is 0 Å². The lowest BCUT2D eigenvalue weighted by Crippen LogP contribution is -2.27. The van der Waals surface area contributed by atoms with Gasteiger partial charge in [-0.2, -0.15) is 0 Å². The molecule has 0 aliphatic carbocycles. The topological polar surface area (TPSA) is 62.2 Å². The molecule has 2 N–H and O–H groups in total. The molecular weight excluding hydrogens is 254 g/mol. The first-order chi connectivity index (χ1) is 8.24. The SMILES string of the molecule is CSc1nc(C)nc(SC)c1NC1=NCCN1. The summed E-state index contributed by atoms with van der Waals surface area (Å²) in [6.45, 7) is 3.62. The number of aromatic nitrogens is 2. The van der Waals surface area contributed by atoms with Crippen LogP contribution >= 0.6 is 23.5 Å². The molecule has 0 saturated heterocycles. The molecule has 0 atom stereocenters. The molecule has 2 heterocycles. The van der Waals surface area contributed by atoms with Crippen molar-refractivity contribution < 1.29 is 0 Å². The van der Waals surface area contributed by atoms with Crippen LogP contribution in [0.1, 0.15) is 5.82 Å². The molecule has 92 valence electrons. The number of hydrogen-bond donors (Lipinski definition) is 2. The van der Waals surface area contributed by atoms with Crippen LogP contribution in [0, 0.1) is 6.92 Å². The van der Waals surface area contributed by atoms with Gasteiger partial charge in [-0.05, 0) is 19.4 Å². The Bertz CT molecular complexity index is 421. The molecule has 1 aromatic rings. The number of aliphatic imine (C=N–C) groups is 1. The van der Waals surface area contributed by atoms with E-state index in [0.29, 0.717) is 0 Å². The summed E-state index contributed by atoms with van der Waals surface area (Å²) in [5, 5.41) is 8.38. The maximum atomic E-state index is 4.44. The van der Waals surface area contributed by atoms with Crippen molar-refractivity contribution in [2.45, 2.75) is 17.0 Å². The number of thioether (sulfide) groups is 2. The van der Waals surface area contributed by atoms with Gasteiger partial charge in [0, 0.05) is 6.54 Å². The monoisotopic (exact) mass is 269 g/mol. The van der Waals surface area contributed by atoms with Crippen LogP contribution < -0.4 is 10.6 Å². The molecule has 7 heteroatoms. The highest BCUT2D eigenvalue weighted by molar-refractivity contribution is 7.99. The fraction of sp³-hybridized carbons (Fsp3) is 0.500. The van der Waals surface area contributed by atoms with Gasteiger partial charge in [0.15, 0.2) is 5.96 Å². The van der Waals surface area contributed by atoms with Crippen LogP contribution in [0.15, 0.2) is 15.0 Å². The average molecular weight is 269 g/mol. The lowest BCUT2D eigenvalue weighted by atomic mass is 10.5. The smallest absolute Gasteiger partial charge is 0.196 e. The second kappa shape index (κ2) is 5.59. The van der Waals surface area contributed by atoms with Gasteiger partial charge >= 0.3 is 0 Å². The van der Waals surface area contributed by atoms with Crippen molar-refractivity contribution in [2.24, 2.45) is 4.99 Å². The second-order valence-corrected chi connectivity index (χ2v) is 5.04. The van der Waals surface area contributed by atoms with Crippen molar-refractivity contribution in [2.75, 3.05) is 30.9 Å². The van der Waals surface area contributed by atoms with Crippen LogP contribution in [0.3, 0.4) is 0 Å². The molecular formula is C10H15N5S2. The van der Waals surface area contributed by atoms with Gasteiger partial charge in [0.05, 0.1) is 6.54 Å². The van der Waals surface area contributed by atoms with E-state index < -0.39 is 0 Å². The van der Waals surface area contributed by atoms with Crippen molar-refractivity contribution in [3.8, 4) is 0 Å². The van der Waals surface area contributed by atoms with E-state index in [9.17, 15) is 0 Å². The van der Waals surface area contributed by atoms with Crippen molar-refractivity contribution in [3.63, 3.8) is 0 Å². The number of rotatable bonds is 3. The van der Waals surface area contributed by atoms with Crippen LogP contribution in [-0.4, -0.2) is 41.5 Å². The molecule has 0 bridgehead atoms. The predicted octanol–water partition coefficient (Wildman–Crippen LogP) is 1.60. The van der Waals surface area contributed by atoms with Gasteiger partial charge in [-0.25, -0.2) is 9.97 Å². The van der Waals surface area contributed by atoms with Gasteiger partial charge < -0.3 is 10.6 Å². The van der Waals surface area contributed by atoms with Gasteiger partial charge in [0.25, 0.3) is 0 Å². The molecule has 1 aromatic heterocycles. The predicted molar refractivity (Wildman–Crippen MR) is 74.3 cm³/mol. The zero-order chi connectivity index (χ0) is 12.3. The van der Waals surface area contributed by atoms with E-state index in [1.165, 1.54) is 0 Å². The number of nitrogens with zero attached hydrogens (tertiary/aromatic N) is 3. The Hall–Kier alpha value is -0.950. The van der Waals surface area contributed by atoms with Crippen LogP contribution in [0.25, 0.3) is 0 Å². The summed E-state index contributed by atoms with van der Waals surface area (Å²) in [4.78, 5) is 13.2. The van der Waals surface area contributed by atoms with Crippen LogP contribution in [0.2, 0.25) is 0 Å². The minimum Gasteiger partial charge on any atom is -0.354 e. The molecule has 0 aromatic carbocycles. The maximum Gasteiger partial charge on any atom is 0.196 e. The lowest BCUT2D eigenvalue weighted by molar-refractivity contribution is 0.906. The Kier molecular flexibility index (Phi) is 4.11. The van der Waals surface area contributed by atoms with Gasteiger partial charge in [-0.15, -0.1) is 23.5 Å². The molecule has 0 radical (unpaired) electrons. The normalized spacial score (nSPS) is 14.4. The van der Waals surface area contributed by atoms with Gasteiger partial charge in [-0.3, -0.25) is 4.99 Å². The van der Waals surface area contributed by atoms with E-state index in [1.54, 1.807) is 23.5 Å². The Morgan fingerprint density at radius 2 is 1.82 bits per heavy atom. The quantitative estimate of drug-likeness (QED) is 0.642. The van der Waals surface area contributed by atoms with Gasteiger partial charge in [0.2, 0.25) is 0 Å². The number of guanidine groups is 1. The molecule has 2 rings (SSSR count). The summed E-state index contributed by atoms with van der Waals surface area (Å²) in [5.74, 6) is 1.61. The first-order valence-electron chi connectivity index (χ1n) is 5.26. The van der Waals surface area contributed by atoms with Crippen LogP contribution in [0.5, 0.6) is 0 Å². The fourth-order valence-corrected chi connectivity index (χ4v) is 2.74. The molecule has 0 saturated carbocycles. The van der Waals surface area contributed by atoms with E-state index in [-0.39, 0.29) is 0 Å². The molecule has 0 amide bonds. The Balaban J connectivity index is 2.35. The summed E-state index contributed by atoms with van der Waals surface area (Å²) >= 11 is 3.23.